The van der Waals surface area contributed by atoms with Crippen LogP contribution in [-0.2, 0) is 11.3 Å². The van der Waals surface area contributed by atoms with Crippen molar-refractivity contribution in [1.82, 2.24) is 15.1 Å². The Morgan fingerprint density at radius 2 is 2.26 bits per heavy atom. The molecule has 0 saturated carbocycles. The summed E-state index contributed by atoms with van der Waals surface area (Å²) in [6, 6.07) is 0. The monoisotopic (exact) mass is 264 g/mol. The smallest absolute Gasteiger partial charge is 0.0771 e. The minimum atomic E-state index is 0.358. The first-order chi connectivity index (χ1) is 9.40. The Morgan fingerprint density at radius 1 is 1.37 bits per heavy atom. The molecule has 3 heterocycles. The number of ether oxygens (including phenoxy) is 1. The Labute approximate surface area is 114 Å². The first-order valence-electron chi connectivity index (χ1n) is 7.49. The second-order valence-corrected chi connectivity index (χ2v) is 5.66. The average molecular weight is 264 g/mol. The molecule has 2 saturated heterocycles. The quantitative estimate of drug-likeness (QED) is 0.845. The van der Waals surface area contributed by atoms with Gasteiger partial charge in [0.15, 0.2) is 0 Å². The van der Waals surface area contributed by atoms with Crippen LogP contribution in [0.4, 0.5) is 5.69 Å². The lowest BCUT2D eigenvalue weighted by molar-refractivity contribution is 0.0940. The summed E-state index contributed by atoms with van der Waals surface area (Å²) in [6.45, 7) is 5.17. The van der Waals surface area contributed by atoms with E-state index in [2.05, 4.69) is 21.9 Å². The molecule has 3 rings (SSSR count). The van der Waals surface area contributed by atoms with Gasteiger partial charge in [-0.1, -0.05) is 0 Å². The van der Waals surface area contributed by atoms with Gasteiger partial charge >= 0.3 is 0 Å². The van der Waals surface area contributed by atoms with E-state index in [1.54, 1.807) is 0 Å². The van der Waals surface area contributed by atoms with Gasteiger partial charge in [-0.2, -0.15) is 5.10 Å². The molecular formula is C14H24N4O. The molecule has 2 aliphatic heterocycles. The molecule has 0 amide bonds. The lowest BCUT2D eigenvalue weighted by Crippen LogP contribution is -2.31. The summed E-state index contributed by atoms with van der Waals surface area (Å²) in [5.74, 6) is 0.794. The van der Waals surface area contributed by atoms with E-state index in [0.29, 0.717) is 6.10 Å². The summed E-state index contributed by atoms with van der Waals surface area (Å²) in [7, 11) is 0. The Morgan fingerprint density at radius 3 is 3.05 bits per heavy atom. The van der Waals surface area contributed by atoms with Crippen molar-refractivity contribution in [2.24, 2.45) is 5.92 Å². The lowest BCUT2D eigenvalue weighted by Gasteiger charge is -2.22. The second kappa shape index (κ2) is 6.39. The van der Waals surface area contributed by atoms with E-state index in [0.717, 1.165) is 50.8 Å². The van der Waals surface area contributed by atoms with E-state index in [-0.39, 0.29) is 0 Å². The molecule has 5 heteroatoms. The fourth-order valence-corrected chi connectivity index (χ4v) is 2.90. The number of anilines is 1. The van der Waals surface area contributed by atoms with Gasteiger partial charge < -0.3 is 15.4 Å². The molecule has 1 atom stereocenters. The highest BCUT2D eigenvalue weighted by Crippen LogP contribution is 2.16. The third-order valence-corrected chi connectivity index (χ3v) is 4.10. The van der Waals surface area contributed by atoms with Crippen LogP contribution in [0.5, 0.6) is 0 Å². The molecule has 0 radical (unpaired) electrons. The lowest BCUT2D eigenvalue weighted by atomic mass is 9.98. The van der Waals surface area contributed by atoms with Gasteiger partial charge in [0.1, 0.15) is 0 Å². The molecule has 0 spiro atoms. The number of aromatic nitrogens is 2. The molecule has 5 nitrogen and oxygen atoms in total. The molecule has 1 aromatic rings. The molecule has 1 aromatic heterocycles. The summed E-state index contributed by atoms with van der Waals surface area (Å²) < 4.78 is 7.63. The zero-order valence-electron chi connectivity index (χ0n) is 11.5. The number of nitrogens with one attached hydrogen (secondary N) is 2. The van der Waals surface area contributed by atoms with Crippen molar-refractivity contribution in [2.45, 2.75) is 38.3 Å². The highest BCUT2D eigenvalue weighted by Gasteiger charge is 2.16. The number of rotatable bonds is 5. The van der Waals surface area contributed by atoms with Gasteiger partial charge in [0.25, 0.3) is 0 Å². The predicted octanol–water partition coefficient (Wildman–Crippen LogP) is 1.47. The fourth-order valence-electron chi connectivity index (χ4n) is 2.90. The first-order valence-corrected chi connectivity index (χ1v) is 7.49. The molecule has 0 bridgehead atoms. The molecule has 2 fully saturated rings. The summed E-state index contributed by atoms with van der Waals surface area (Å²) in [5.41, 5.74) is 1.14. The van der Waals surface area contributed by atoms with E-state index in [1.807, 2.05) is 10.9 Å². The molecule has 2 aliphatic rings. The number of nitrogens with zero attached hydrogens (tertiary/aromatic N) is 2. The average Bonchev–Trinajstić information content (AvgIpc) is 3.10. The maximum atomic E-state index is 5.63. The predicted molar refractivity (Wildman–Crippen MR) is 75.3 cm³/mol. The second-order valence-electron chi connectivity index (χ2n) is 5.66. The summed E-state index contributed by atoms with van der Waals surface area (Å²) in [5, 5.41) is 11.3. The number of hydrogen-bond acceptors (Lipinski definition) is 4. The van der Waals surface area contributed by atoms with E-state index in [4.69, 9.17) is 4.74 Å². The van der Waals surface area contributed by atoms with Crippen molar-refractivity contribution < 1.29 is 4.74 Å². The summed E-state index contributed by atoms with van der Waals surface area (Å²) in [6.07, 6.45) is 9.29. The summed E-state index contributed by atoms with van der Waals surface area (Å²) in [4.78, 5) is 0. The van der Waals surface area contributed by atoms with Crippen LogP contribution in [0.1, 0.15) is 25.7 Å². The molecule has 106 valence electrons. The van der Waals surface area contributed by atoms with Crippen LogP contribution in [0.15, 0.2) is 12.4 Å². The zero-order valence-corrected chi connectivity index (χ0v) is 11.5. The highest BCUT2D eigenvalue weighted by atomic mass is 16.5. The molecule has 1 unspecified atom stereocenters. The van der Waals surface area contributed by atoms with Crippen LogP contribution in [0, 0.1) is 5.92 Å². The zero-order chi connectivity index (χ0) is 12.9. The fraction of sp³-hybridized carbons (Fsp3) is 0.786. The van der Waals surface area contributed by atoms with Gasteiger partial charge in [-0.3, -0.25) is 4.68 Å². The first kappa shape index (κ1) is 12.9. The molecule has 0 aliphatic carbocycles. The topological polar surface area (TPSA) is 51.1 Å². The third-order valence-electron chi connectivity index (χ3n) is 4.10. The van der Waals surface area contributed by atoms with E-state index < -0.39 is 0 Å². The Balaban J connectivity index is 1.44. The van der Waals surface area contributed by atoms with E-state index >= 15 is 0 Å². The number of piperidine rings is 1. The SMILES string of the molecule is c1nn(CC2CCCO2)cc1NCC1CCNCC1. The van der Waals surface area contributed by atoms with Gasteiger partial charge in [0, 0.05) is 19.3 Å². The van der Waals surface area contributed by atoms with Crippen LogP contribution in [0.2, 0.25) is 0 Å². The van der Waals surface area contributed by atoms with Crippen molar-refractivity contribution in [1.29, 1.82) is 0 Å². The Kier molecular flexibility index (Phi) is 4.35. The van der Waals surface area contributed by atoms with Gasteiger partial charge in [-0.15, -0.1) is 0 Å². The maximum absolute atomic E-state index is 5.63. The minimum Gasteiger partial charge on any atom is -0.382 e. The number of hydrogen-bond donors (Lipinski definition) is 2. The van der Waals surface area contributed by atoms with Crippen molar-refractivity contribution in [3.8, 4) is 0 Å². The Hall–Kier alpha value is -1.07. The van der Waals surface area contributed by atoms with Gasteiger partial charge in [0.2, 0.25) is 0 Å². The van der Waals surface area contributed by atoms with Crippen LogP contribution in [-0.4, -0.2) is 42.1 Å². The van der Waals surface area contributed by atoms with Crippen molar-refractivity contribution in [3.05, 3.63) is 12.4 Å². The minimum absolute atomic E-state index is 0.358. The van der Waals surface area contributed by atoms with E-state index in [1.165, 1.54) is 19.3 Å². The molecule has 2 N–H and O–H groups in total. The van der Waals surface area contributed by atoms with E-state index in [9.17, 15) is 0 Å². The normalized spacial score (nSPS) is 24.7. The van der Waals surface area contributed by atoms with Crippen LogP contribution in [0.25, 0.3) is 0 Å². The van der Waals surface area contributed by atoms with Crippen molar-refractivity contribution in [2.75, 3.05) is 31.6 Å². The standard InChI is InChI=1S/C14H24N4O/c1-2-14(19-7-1)11-18-10-13(9-17-18)16-8-12-3-5-15-6-4-12/h9-10,12,14-16H,1-8,11H2. The van der Waals surface area contributed by atoms with Gasteiger partial charge in [0.05, 0.1) is 24.5 Å². The highest BCUT2D eigenvalue weighted by molar-refractivity contribution is 5.38. The molecule has 0 aromatic carbocycles. The van der Waals surface area contributed by atoms with Crippen LogP contribution in [0.3, 0.4) is 0 Å². The molecular weight excluding hydrogens is 240 g/mol. The van der Waals surface area contributed by atoms with Gasteiger partial charge in [-0.05, 0) is 44.7 Å². The van der Waals surface area contributed by atoms with Crippen molar-refractivity contribution in [3.63, 3.8) is 0 Å². The molecule has 19 heavy (non-hydrogen) atoms. The van der Waals surface area contributed by atoms with Crippen molar-refractivity contribution >= 4 is 5.69 Å². The van der Waals surface area contributed by atoms with Crippen LogP contribution >= 0.6 is 0 Å². The largest absolute Gasteiger partial charge is 0.382 e. The van der Waals surface area contributed by atoms with Gasteiger partial charge in [-0.25, -0.2) is 0 Å². The third kappa shape index (κ3) is 3.70. The van der Waals surface area contributed by atoms with Crippen LogP contribution < -0.4 is 10.6 Å². The Bertz CT molecular complexity index is 381. The maximum Gasteiger partial charge on any atom is 0.0771 e. The summed E-state index contributed by atoms with van der Waals surface area (Å²) >= 11 is 0.